The molecule has 2 aliphatic rings. The molecule has 1 aromatic rings. The third-order valence-corrected chi connectivity index (χ3v) is 5.15. The topological polar surface area (TPSA) is 49.4 Å². The molecule has 1 aliphatic heterocycles. The van der Waals surface area contributed by atoms with Crippen LogP contribution in [0, 0.1) is 5.92 Å². The summed E-state index contributed by atoms with van der Waals surface area (Å²) in [6, 6.07) is 5.61. The Labute approximate surface area is 146 Å². The SMILES string of the molecule is O=C(NC1CC1)C1CCCN(C(=O)Cc2ccc(Cl)c(Cl)c2)C1. The van der Waals surface area contributed by atoms with E-state index in [1.165, 1.54) is 0 Å². The summed E-state index contributed by atoms with van der Waals surface area (Å²) >= 11 is 11.9. The number of piperidine rings is 1. The van der Waals surface area contributed by atoms with Crippen LogP contribution in [-0.4, -0.2) is 35.8 Å². The fraction of sp³-hybridized carbons (Fsp3) is 0.529. The molecule has 1 aromatic carbocycles. The molecule has 0 aromatic heterocycles. The number of hydrogen-bond acceptors (Lipinski definition) is 2. The van der Waals surface area contributed by atoms with Gasteiger partial charge in [0.05, 0.1) is 22.4 Å². The Kier molecular flexibility index (Phi) is 5.12. The fourth-order valence-corrected chi connectivity index (χ4v) is 3.22. The molecule has 0 bridgehead atoms. The highest BCUT2D eigenvalue weighted by Crippen LogP contribution is 2.24. The van der Waals surface area contributed by atoms with Crippen LogP contribution >= 0.6 is 23.2 Å². The van der Waals surface area contributed by atoms with Crippen molar-refractivity contribution in [3.05, 3.63) is 33.8 Å². The number of hydrogen-bond donors (Lipinski definition) is 1. The van der Waals surface area contributed by atoms with E-state index >= 15 is 0 Å². The van der Waals surface area contributed by atoms with Crippen LogP contribution in [0.25, 0.3) is 0 Å². The van der Waals surface area contributed by atoms with Gasteiger partial charge in [-0.25, -0.2) is 0 Å². The van der Waals surface area contributed by atoms with Crippen molar-refractivity contribution in [1.82, 2.24) is 10.2 Å². The first-order valence-electron chi connectivity index (χ1n) is 8.05. The zero-order valence-corrected chi connectivity index (χ0v) is 14.4. The van der Waals surface area contributed by atoms with Crippen LogP contribution in [0.3, 0.4) is 0 Å². The summed E-state index contributed by atoms with van der Waals surface area (Å²) in [6.07, 6.45) is 4.18. The van der Waals surface area contributed by atoms with Gasteiger partial charge in [-0.1, -0.05) is 29.3 Å². The number of rotatable bonds is 4. The molecule has 1 aliphatic carbocycles. The number of likely N-dealkylation sites (tertiary alicyclic amines) is 1. The Morgan fingerprint density at radius 2 is 1.96 bits per heavy atom. The van der Waals surface area contributed by atoms with E-state index in [1.807, 2.05) is 6.07 Å². The minimum Gasteiger partial charge on any atom is -0.353 e. The lowest BCUT2D eigenvalue weighted by atomic mass is 9.96. The Bertz CT molecular complexity index is 617. The van der Waals surface area contributed by atoms with E-state index in [0.717, 1.165) is 31.2 Å². The quantitative estimate of drug-likeness (QED) is 0.903. The smallest absolute Gasteiger partial charge is 0.227 e. The van der Waals surface area contributed by atoms with Gasteiger partial charge in [-0.2, -0.15) is 0 Å². The van der Waals surface area contributed by atoms with Crippen LogP contribution in [-0.2, 0) is 16.0 Å². The van der Waals surface area contributed by atoms with Crippen molar-refractivity contribution in [3.8, 4) is 0 Å². The Hall–Kier alpha value is -1.26. The van der Waals surface area contributed by atoms with Crippen LogP contribution in [0.2, 0.25) is 10.0 Å². The van der Waals surface area contributed by atoms with Crippen LogP contribution in [0.15, 0.2) is 18.2 Å². The predicted molar refractivity (Wildman–Crippen MR) is 90.6 cm³/mol. The molecule has 23 heavy (non-hydrogen) atoms. The molecule has 1 saturated carbocycles. The second kappa shape index (κ2) is 7.10. The van der Waals surface area contributed by atoms with E-state index in [9.17, 15) is 9.59 Å². The molecule has 1 N–H and O–H groups in total. The van der Waals surface area contributed by atoms with Crippen molar-refractivity contribution in [1.29, 1.82) is 0 Å². The normalized spacial score (nSPS) is 21.1. The molecular formula is C17H20Cl2N2O2. The molecule has 1 heterocycles. The number of carbonyl (C=O) groups excluding carboxylic acids is 2. The van der Waals surface area contributed by atoms with Crippen molar-refractivity contribution in [2.24, 2.45) is 5.92 Å². The van der Waals surface area contributed by atoms with Gasteiger partial charge in [0.15, 0.2) is 0 Å². The van der Waals surface area contributed by atoms with Gasteiger partial charge < -0.3 is 10.2 Å². The van der Waals surface area contributed by atoms with E-state index in [4.69, 9.17) is 23.2 Å². The molecule has 4 nitrogen and oxygen atoms in total. The summed E-state index contributed by atoms with van der Waals surface area (Å²) in [5, 5.41) is 3.98. The van der Waals surface area contributed by atoms with Gasteiger partial charge >= 0.3 is 0 Å². The lowest BCUT2D eigenvalue weighted by Gasteiger charge is -2.32. The highest BCUT2D eigenvalue weighted by molar-refractivity contribution is 6.42. The minimum atomic E-state index is -0.0814. The first-order valence-corrected chi connectivity index (χ1v) is 8.80. The van der Waals surface area contributed by atoms with Gasteiger partial charge in [-0.15, -0.1) is 0 Å². The molecule has 124 valence electrons. The first kappa shape index (κ1) is 16.6. The van der Waals surface area contributed by atoms with Crippen LogP contribution in [0.4, 0.5) is 0 Å². The molecule has 6 heteroatoms. The first-order chi connectivity index (χ1) is 11.0. The number of amides is 2. The van der Waals surface area contributed by atoms with Gasteiger partial charge in [0.1, 0.15) is 0 Å². The summed E-state index contributed by atoms with van der Waals surface area (Å²) in [5.41, 5.74) is 0.842. The molecule has 1 unspecified atom stereocenters. The predicted octanol–water partition coefficient (Wildman–Crippen LogP) is 3.05. The van der Waals surface area contributed by atoms with E-state index in [2.05, 4.69) is 5.32 Å². The number of benzene rings is 1. The monoisotopic (exact) mass is 354 g/mol. The van der Waals surface area contributed by atoms with Gasteiger partial charge in [-0.3, -0.25) is 9.59 Å². The molecular weight excluding hydrogens is 335 g/mol. The van der Waals surface area contributed by atoms with Crippen molar-refractivity contribution in [3.63, 3.8) is 0 Å². The summed E-state index contributed by atoms with van der Waals surface area (Å²) in [5.74, 6) is 0.0500. The maximum absolute atomic E-state index is 12.5. The fourth-order valence-electron chi connectivity index (χ4n) is 2.90. The van der Waals surface area contributed by atoms with Gasteiger partial charge in [0.2, 0.25) is 11.8 Å². The van der Waals surface area contributed by atoms with Crippen LogP contribution in [0.1, 0.15) is 31.2 Å². The van der Waals surface area contributed by atoms with E-state index in [1.54, 1.807) is 17.0 Å². The van der Waals surface area contributed by atoms with Gasteiger partial charge in [0, 0.05) is 19.1 Å². The summed E-state index contributed by atoms with van der Waals surface area (Å²) in [4.78, 5) is 26.5. The van der Waals surface area contributed by atoms with Gasteiger partial charge in [0.25, 0.3) is 0 Å². The average molecular weight is 355 g/mol. The number of carbonyl (C=O) groups is 2. The number of nitrogens with one attached hydrogen (secondary N) is 1. The Morgan fingerprint density at radius 1 is 1.17 bits per heavy atom. The van der Waals surface area contributed by atoms with Crippen molar-refractivity contribution in [2.45, 2.75) is 38.1 Å². The highest BCUT2D eigenvalue weighted by atomic mass is 35.5. The third-order valence-electron chi connectivity index (χ3n) is 4.41. The highest BCUT2D eigenvalue weighted by Gasteiger charge is 2.31. The second-order valence-corrected chi connectivity index (χ2v) is 7.20. The standard InChI is InChI=1S/C17H20Cl2N2O2/c18-14-6-3-11(8-15(14)19)9-16(22)21-7-1-2-12(10-21)17(23)20-13-4-5-13/h3,6,8,12-13H,1-2,4-5,7,9-10H2,(H,20,23). The number of halogens is 2. The maximum Gasteiger partial charge on any atom is 0.227 e. The van der Waals surface area contributed by atoms with Gasteiger partial charge in [-0.05, 0) is 43.4 Å². The van der Waals surface area contributed by atoms with Crippen molar-refractivity contribution in [2.75, 3.05) is 13.1 Å². The lowest BCUT2D eigenvalue weighted by molar-refractivity contribution is -0.135. The largest absolute Gasteiger partial charge is 0.353 e. The Morgan fingerprint density at radius 3 is 2.65 bits per heavy atom. The molecule has 0 radical (unpaired) electrons. The van der Waals surface area contributed by atoms with Crippen molar-refractivity contribution >= 4 is 35.0 Å². The average Bonchev–Trinajstić information content (AvgIpc) is 3.35. The van der Waals surface area contributed by atoms with E-state index < -0.39 is 0 Å². The Balaban J connectivity index is 1.57. The molecule has 1 atom stereocenters. The number of nitrogens with zero attached hydrogens (tertiary/aromatic N) is 1. The minimum absolute atomic E-state index is 0.0345. The summed E-state index contributed by atoms with van der Waals surface area (Å²) in [6.45, 7) is 1.23. The maximum atomic E-state index is 12.5. The zero-order chi connectivity index (χ0) is 16.4. The zero-order valence-electron chi connectivity index (χ0n) is 12.9. The van der Waals surface area contributed by atoms with Crippen LogP contribution in [0.5, 0.6) is 0 Å². The summed E-state index contributed by atoms with van der Waals surface area (Å²) in [7, 11) is 0. The lowest BCUT2D eigenvalue weighted by Crippen LogP contribution is -2.46. The molecule has 2 fully saturated rings. The molecule has 1 saturated heterocycles. The van der Waals surface area contributed by atoms with E-state index in [-0.39, 0.29) is 24.2 Å². The second-order valence-electron chi connectivity index (χ2n) is 6.39. The molecule has 3 rings (SSSR count). The van der Waals surface area contributed by atoms with Crippen molar-refractivity contribution < 1.29 is 9.59 Å². The van der Waals surface area contributed by atoms with E-state index in [0.29, 0.717) is 29.2 Å². The summed E-state index contributed by atoms with van der Waals surface area (Å²) < 4.78 is 0. The molecule has 0 spiro atoms. The van der Waals surface area contributed by atoms with Crippen LogP contribution < -0.4 is 5.32 Å². The third kappa shape index (κ3) is 4.39. The molecule has 2 amide bonds.